The highest BCUT2D eigenvalue weighted by Gasteiger charge is 2.05. The Bertz CT molecular complexity index is 584. The van der Waals surface area contributed by atoms with E-state index >= 15 is 0 Å². The zero-order valence-electron chi connectivity index (χ0n) is 12.5. The molecule has 1 aromatic heterocycles. The monoisotopic (exact) mass is 353 g/mol. The number of halogens is 1. The Morgan fingerprint density at radius 2 is 2.19 bits per heavy atom. The Kier molecular flexibility index (Phi) is 5.69. The summed E-state index contributed by atoms with van der Waals surface area (Å²) < 4.78 is 6.77. The van der Waals surface area contributed by atoms with Crippen LogP contribution >= 0.6 is 15.9 Å². The molecule has 1 heterocycles. The number of ether oxygens (including phenoxy) is 1. The fraction of sp³-hybridized carbons (Fsp3) is 0.500. The normalized spacial score (nSPS) is 11.1. The lowest BCUT2D eigenvalue weighted by atomic mass is 10.2. The third-order valence-electron chi connectivity index (χ3n) is 2.80. The second-order valence-corrected chi connectivity index (χ2v) is 6.12. The molecule has 1 aromatic carbocycles. The van der Waals surface area contributed by atoms with E-state index < -0.39 is 0 Å². The van der Waals surface area contributed by atoms with Crippen molar-refractivity contribution >= 4 is 15.9 Å². The number of benzene rings is 1. The minimum Gasteiger partial charge on any atom is -0.485 e. The summed E-state index contributed by atoms with van der Waals surface area (Å²) >= 11 is 3.56. The van der Waals surface area contributed by atoms with Gasteiger partial charge < -0.3 is 10.1 Å². The maximum atomic E-state index is 5.70. The fourth-order valence-electron chi connectivity index (χ4n) is 1.80. The molecular weight excluding hydrogens is 334 g/mol. The Morgan fingerprint density at radius 1 is 1.38 bits per heavy atom. The third kappa shape index (κ3) is 5.09. The van der Waals surface area contributed by atoms with Crippen LogP contribution in [-0.2, 0) is 20.2 Å². The number of rotatable bonds is 7. The van der Waals surface area contributed by atoms with Gasteiger partial charge in [0.15, 0.2) is 6.61 Å². The van der Waals surface area contributed by atoms with Crippen LogP contribution in [0.5, 0.6) is 5.75 Å². The Balaban J connectivity index is 1.94. The van der Waals surface area contributed by atoms with Gasteiger partial charge in [0.2, 0.25) is 5.82 Å². The molecule has 114 valence electrons. The zero-order valence-corrected chi connectivity index (χ0v) is 14.1. The van der Waals surface area contributed by atoms with Crippen LogP contribution in [0, 0.1) is 5.92 Å². The number of nitrogens with zero attached hydrogens (tertiary/aromatic N) is 4. The van der Waals surface area contributed by atoms with Gasteiger partial charge >= 0.3 is 0 Å². The summed E-state index contributed by atoms with van der Waals surface area (Å²) in [6, 6.07) is 5.94. The number of tetrazole rings is 1. The Morgan fingerprint density at radius 3 is 2.86 bits per heavy atom. The minimum atomic E-state index is 0.314. The lowest BCUT2D eigenvalue weighted by Crippen LogP contribution is -2.19. The average Bonchev–Trinajstić information content (AvgIpc) is 2.85. The number of hydrogen-bond donors (Lipinski definition) is 1. The third-order valence-corrected chi connectivity index (χ3v) is 3.58. The van der Waals surface area contributed by atoms with Crippen molar-refractivity contribution in [2.24, 2.45) is 13.0 Å². The molecule has 0 amide bonds. The zero-order chi connectivity index (χ0) is 15.2. The van der Waals surface area contributed by atoms with Crippen molar-refractivity contribution in [1.82, 2.24) is 25.5 Å². The van der Waals surface area contributed by atoms with Crippen LogP contribution in [0.3, 0.4) is 0 Å². The summed E-state index contributed by atoms with van der Waals surface area (Å²) in [5.74, 6) is 2.00. The smallest absolute Gasteiger partial charge is 0.212 e. The summed E-state index contributed by atoms with van der Waals surface area (Å²) in [6.07, 6.45) is 0. The van der Waals surface area contributed by atoms with Gasteiger partial charge in [-0.15, -0.1) is 10.2 Å². The van der Waals surface area contributed by atoms with Crippen molar-refractivity contribution in [2.45, 2.75) is 27.0 Å². The molecule has 0 aliphatic heterocycles. The van der Waals surface area contributed by atoms with E-state index in [2.05, 4.69) is 50.5 Å². The van der Waals surface area contributed by atoms with Crippen LogP contribution in [0.15, 0.2) is 22.7 Å². The lowest BCUT2D eigenvalue weighted by molar-refractivity contribution is 0.295. The molecule has 0 aliphatic rings. The molecule has 0 saturated carbocycles. The highest BCUT2D eigenvalue weighted by atomic mass is 79.9. The molecular formula is C14H20BrN5O. The van der Waals surface area contributed by atoms with Crippen molar-refractivity contribution < 1.29 is 4.74 Å². The average molecular weight is 354 g/mol. The first-order chi connectivity index (χ1) is 10.0. The first kappa shape index (κ1) is 15.9. The van der Waals surface area contributed by atoms with Crippen molar-refractivity contribution in [3.05, 3.63) is 34.1 Å². The SMILES string of the molecule is CC(C)CNCc1cc(OCc2nnn(C)n2)ccc1Br. The molecule has 0 bridgehead atoms. The summed E-state index contributed by atoms with van der Waals surface area (Å²) in [4.78, 5) is 1.42. The first-order valence-electron chi connectivity index (χ1n) is 6.89. The van der Waals surface area contributed by atoms with Crippen molar-refractivity contribution in [3.63, 3.8) is 0 Å². The van der Waals surface area contributed by atoms with Gasteiger partial charge in [0, 0.05) is 11.0 Å². The largest absolute Gasteiger partial charge is 0.485 e. The summed E-state index contributed by atoms with van der Waals surface area (Å²) in [6.45, 7) is 6.49. The van der Waals surface area contributed by atoms with Gasteiger partial charge in [-0.3, -0.25) is 0 Å². The molecule has 0 saturated heterocycles. The molecule has 2 aromatic rings. The van der Waals surface area contributed by atoms with Gasteiger partial charge in [-0.1, -0.05) is 29.8 Å². The number of aryl methyl sites for hydroxylation is 1. The molecule has 2 rings (SSSR count). The van der Waals surface area contributed by atoms with Crippen molar-refractivity contribution in [3.8, 4) is 5.75 Å². The van der Waals surface area contributed by atoms with Crippen LogP contribution in [0.2, 0.25) is 0 Å². The summed E-state index contributed by atoms with van der Waals surface area (Å²) in [5, 5.41) is 15.2. The predicted octanol–water partition coefficient (Wildman–Crippen LogP) is 2.30. The quantitative estimate of drug-likeness (QED) is 0.827. The number of hydrogen-bond acceptors (Lipinski definition) is 5. The Labute approximate surface area is 133 Å². The standard InChI is InChI=1S/C14H20BrN5O/c1-10(2)7-16-8-11-6-12(4-5-13(11)15)21-9-14-17-19-20(3)18-14/h4-6,10,16H,7-9H2,1-3H3. The van der Waals surface area contributed by atoms with E-state index in [4.69, 9.17) is 4.74 Å². The van der Waals surface area contributed by atoms with E-state index in [-0.39, 0.29) is 0 Å². The van der Waals surface area contributed by atoms with Gasteiger partial charge in [0.1, 0.15) is 5.75 Å². The highest BCUT2D eigenvalue weighted by Crippen LogP contribution is 2.23. The second kappa shape index (κ2) is 7.51. The molecule has 0 fully saturated rings. The van der Waals surface area contributed by atoms with E-state index in [1.807, 2.05) is 18.2 Å². The number of aromatic nitrogens is 4. The molecule has 1 N–H and O–H groups in total. The van der Waals surface area contributed by atoms with Gasteiger partial charge in [0.05, 0.1) is 7.05 Å². The summed E-state index contributed by atoms with van der Waals surface area (Å²) in [5.41, 5.74) is 1.17. The molecule has 0 radical (unpaired) electrons. The van der Waals surface area contributed by atoms with Crippen LogP contribution in [0.1, 0.15) is 25.2 Å². The summed E-state index contributed by atoms with van der Waals surface area (Å²) in [7, 11) is 1.73. The van der Waals surface area contributed by atoms with Crippen LogP contribution in [-0.4, -0.2) is 26.8 Å². The van der Waals surface area contributed by atoms with E-state index in [1.165, 1.54) is 10.4 Å². The van der Waals surface area contributed by atoms with E-state index in [1.54, 1.807) is 7.05 Å². The van der Waals surface area contributed by atoms with Crippen molar-refractivity contribution in [2.75, 3.05) is 6.54 Å². The van der Waals surface area contributed by atoms with E-state index in [0.717, 1.165) is 23.3 Å². The molecule has 0 unspecified atom stereocenters. The van der Waals surface area contributed by atoms with Crippen LogP contribution in [0.25, 0.3) is 0 Å². The highest BCUT2D eigenvalue weighted by molar-refractivity contribution is 9.10. The van der Waals surface area contributed by atoms with E-state index in [0.29, 0.717) is 18.3 Å². The molecule has 6 nitrogen and oxygen atoms in total. The maximum absolute atomic E-state index is 5.70. The topological polar surface area (TPSA) is 64.9 Å². The molecule has 7 heteroatoms. The van der Waals surface area contributed by atoms with Gasteiger partial charge in [-0.2, -0.15) is 4.80 Å². The predicted molar refractivity (Wildman–Crippen MR) is 83.8 cm³/mol. The van der Waals surface area contributed by atoms with Crippen molar-refractivity contribution in [1.29, 1.82) is 0 Å². The maximum Gasteiger partial charge on any atom is 0.212 e. The van der Waals surface area contributed by atoms with Crippen LogP contribution < -0.4 is 10.1 Å². The second-order valence-electron chi connectivity index (χ2n) is 5.26. The fourth-order valence-corrected chi connectivity index (χ4v) is 2.19. The van der Waals surface area contributed by atoms with Gasteiger partial charge in [0.25, 0.3) is 0 Å². The molecule has 0 atom stereocenters. The molecule has 0 spiro atoms. The minimum absolute atomic E-state index is 0.314. The van der Waals surface area contributed by atoms with Gasteiger partial charge in [-0.05, 0) is 41.4 Å². The molecule has 0 aliphatic carbocycles. The van der Waals surface area contributed by atoms with E-state index in [9.17, 15) is 0 Å². The first-order valence-corrected chi connectivity index (χ1v) is 7.68. The lowest BCUT2D eigenvalue weighted by Gasteiger charge is -2.11. The number of nitrogens with one attached hydrogen (secondary N) is 1. The van der Waals surface area contributed by atoms with Crippen LogP contribution in [0.4, 0.5) is 0 Å². The molecule has 21 heavy (non-hydrogen) atoms. The Hall–Kier alpha value is -1.47. The van der Waals surface area contributed by atoms with Gasteiger partial charge in [-0.25, -0.2) is 0 Å².